The zero-order valence-electron chi connectivity index (χ0n) is 11.9. The van der Waals surface area contributed by atoms with Crippen LogP contribution in [0.15, 0.2) is 59.5 Å². The second-order valence-electron chi connectivity index (χ2n) is 5.16. The molecule has 2 aromatic rings. The molecule has 1 unspecified atom stereocenters. The van der Waals surface area contributed by atoms with Gasteiger partial charge in [-0.05, 0) is 49.1 Å². The van der Waals surface area contributed by atoms with E-state index in [1.807, 2.05) is 11.8 Å². The fourth-order valence-electron chi connectivity index (χ4n) is 2.27. The van der Waals surface area contributed by atoms with Crippen LogP contribution in [0.2, 0.25) is 0 Å². The normalized spacial score (nSPS) is 12.3. The molecule has 20 heavy (non-hydrogen) atoms. The number of alkyl halides is 1. The third kappa shape index (κ3) is 5.34. The maximum absolute atomic E-state index is 3.67. The number of hydrogen-bond donors (Lipinski definition) is 0. The minimum absolute atomic E-state index is 0.716. The molecule has 2 rings (SSSR count). The first-order chi connectivity index (χ1) is 9.78. The smallest absolute Gasteiger partial charge is 0.00719 e. The molecule has 0 saturated heterocycles. The highest BCUT2D eigenvalue weighted by Crippen LogP contribution is 2.23. The fraction of sp³-hybridized carbons (Fsp3) is 0.333. The van der Waals surface area contributed by atoms with Gasteiger partial charge >= 0.3 is 0 Å². The van der Waals surface area contributed by atoms with E-state index in [2.05, 4.69) is 77.5 Å². The second kappa shape index (κ2) is 8.53. The largest absolute Gasteiger partial charge is 0.126 e. The van der Waals surface area contributed by atoms with Crippen molar-refractivity contribution in [3.8, 4) is 0 Å². The minimum atomic E-state index is 0.716. The Hall–Kier alpha value is -0.730. The molecule has 0 aliphatic rings. The van der Waals surface area contributed by atoms with E-state index in [4.69, 9.17) is 0 Å². The lowest BCUT2D eigenvalue weighted by Gasteiger charge is -2.14. The second-order valence-corrected chi connectivity index (χ2v) is 6.98. The first-order valence-electron chi connectivity index (χ1n) is 7.07. The lowest BCUT2D eigenvalue weighted by molar-refractivity contribution is 0.578. The van der Waals surface area contributed by atoms with Crippen molar-refractivity contribution in [1.29, 1.82) is 0 Å². The van der Waals surface area contributed by atoms with Crippen LogP contribution in [0.5, 0.6) is 0 Å². The Morgan fingerprint density at radius 1 is 1.05 bits per heavy atom. The molecule has 0 aromatic heterocycles. The maximum atomic E-state index is 3.67. The van der Waals surface area contributed by atoms with E-state index in [0.29, 0.717) is 5.92 Å². The van der Waals surface area contributed by atoms with Gasteiger partial charge in [0.15, 0.2) is 0 Å². The van der Waals surface area contributed by atoms with Crippen LogP contribution in [0.25, 0.3) is 0 Å². The fourth-order valence-corrected chi connectivity index (χ4v) is 3.86. The van der Waals surface area contributed by atoms with E-state index in [9.17, 15) is 0 Å². The maximum Gasteiger partial charge on any atom is 0.00719 e. The predicted octanol–water partition coefficient (Wildman–Crippen LogP) is 5.73. The Kier molecular flexibility index (Phi) is 6.68. The molecule has 0 nitrogen and oxygen atoms in total. The molecular weight excluding hydrogens is 328 g/mol. The summed E-state index contributed by atoms with van der Waals surface area (Å²) < 4.78 is 0. The van der Waals surface area contributed by atoms with Gasteiger partial charge < -0.3 is 0 Å². The van der Waals surface area contributed by atoms with Gasteiger partial charge in [-0.15, -0.1) is 11.8 Å². The SMILES string of the molecule is Cc1cccc(CC(CBr)CCSc2ccccc2)c1. The Morgan fingerprint density at radius 2 is 1.85 bits per heavy atom. The van der Waals surface area contributed by atoms with Gasteiger partial charge in [-0.25, -0.2) is 0 Å². The van der Waals surface area contributed by atoms with E-state index in [1.165, 1.54) is 34.6 Å². The van der Waals surface area contributed by atoms with Gasteiger partial charge in [0.1, 0.15) is 0 Å². The lowest BCUT2D eigenvalue weighted by Crippen LogP contribution is -2.07. The van der Waals surface area contributed by atoms with Gasteiger partial charge in [0.05, 0.1) is 0 Å². The monoisotopic (exact) mass is 348 g/mol. The van der Waals surface area contributed by atoms with E-state index >= 15 is 0 Å². The summed E-state index contributed by atoms with van der Waals surface area (Å²) >= 11 is 5.63. The summed E-state index contributed by atoms with van der Waals surface area (Å²) in [5.41, 5.74) is 2.81. The molecule has 0 spiro atoms. The zero-order valence-corrected chi connectivity index (χ0v) is 14.3. The van der Waals surface area contributed by atoms with Crippen molar-refractivity contribution >= 4 is 27.7 Å². The highest BCUT2D eigenvalue weighted by atomic mass is 79.9. The first-order valence-corrected chi connectivity index (χ1v) is 9.18. The van der Waals surface area contributed by atoms with E-state index in [0.717, 1.165) is 5.33 Å². The van der Waals surface area contributed by atoms with E-state index in [-0.39, 0.29) is 0 Å². The molecule has 106 valence electrons. The van der Waals surface area contributed by atoms with Crippen LogP contribution in [0, 0.1) is 12.8 Å². The van der Waals surface area contributed by atoms with Gasteiger partial charge in [0, 0.05) is 10.2 Å². The molecule has 0 heterocycles. The number of rotatable bonds is 7. The summed E-state index contributed by atoms with van der Waals surface area (Å²) in [7, 11) is 0. The molecule has 1 atom stereocenters. The summed E-state index contributed by atoms with van der Waals surface area (Å²) in [6, 6.07) is 19.5. The van der Waals surface area contributed by atoms with Crippen LogP contribution in [0.1, 0.15) is 17.5 Å². The lowest BCUT2D eigenvalue weighted by atomic mass is 9.98. The predicted molar refractivity (Wildman–Crippen MR) is 94.0 cm³/mol. The third-order valence-electron chi connectivity index (χ3n) is 3.36. The van der Waals surface area contributed by atoms with Crippen LogP contribution < -0.4 is 0 Å². The highest BCUT2D eigenvalue weighted by Gasteiger charge is 2.08. The third-order valence-corrected chi connectivity index (χ3v) is 5.32. The van der Waals surface area contributed by atoms with Crippen molar-refractivity contribution in [2.75, 3.05) is 11.1 Å². The van der Waals surface area contributed by atoms with Gasteiger partial charge in [0.25, 0.3) is 0 Å². The Bertz CT molecular complexity index is 510. The first kappa shape index (κ1) is 15.7. The number of thioether (sulfide) groups is 1. The summed E-state index contributed by atoms with van der Waals surface area (Å²) in [6.45, 7) is 2.16. The van der Waals surface area contributed by atoms with E-state index in [1.54, 1.807) is 0 Å². The number of benzene rings is 2. The molecule has 0 saturated carbocycles. The average Bonchev–Trinajstić information content (AvgIpc) is 2.47. The zero-order chi connectivity index (χ0) is 14.2. The molecule has 0 bridgehead atoms. The Balaban J connectivity index is 1.80. The molecule has 0 radical (unpaired) electrons. The van der Waals surface area contributed by atoms with Crippen LogP contribution in [-0.2, 0) is 6.42 Å². The van der Waals surface area contributed by atoms with Crippen molar-refractivity contribution in [1.82, 2.24) is 0 Å². The van der Waals surface area contributed by atoms with Crippen molar-refractivity contribution < 1.29 is 0 Å². The summed E-state index contributed by atoms with van der Waals surface area (Å²) in [6.07, 6.45) is 2.42. The molecule has 2 aromatic carbocycles. The van der Waals surface area contributed by atoms with Gasteiger partial charge in [-0.1, -0.05) is 64.0 Å². The van der Waals surface area contributed by atoms with Crippen LogP contribution in [-0.4, -0.2) is 11.1 Å². The van der Waals surface area contributed by atoms with Gasteiger partial charge in [-0.3, -0.25) is 0 Å². The standard InChI is InChI=1S/C18H21BrS/c1-15-6-5-7-16(12-15)13-17(14-19)10-11-20-18-8-3-2-4-9-18/h2-9,12,17H,10-11,13-14H2,1H3. The Labute approximate surface area is 135 Å². The number of aryl methyl sites for hydroxylation is 1. The van der Waals surface area contributed by atoms with Gasteiger partial charge in [0.2, 0.25) is 0 Å². The van der Waals surface area contributed by atoms with Crippen molar-refractivity contribution in [2.24, 2.45) is 5.92 Å². The van der Waals surface area contributed by atoms with Crippen molar-refractivity contribution in [2.45, 2.75) is 24.7 Å². The van der Waals surface area contributed by atoms with E-state index < -0.39 is 0 Å². The summed E-state index contributed by atoms with van der Waals surface area (Å²) in [5, 5.41) is 1.08. The van der Waals surface area contributed by atoms with Crippen LogP contribution in [0.4, 0.5) is 0 Å². The Morgan fingerprint density at radius 3 is 2.55 bits per heavy atom. The van der Waals surface area contributed by atoms with Gasteiger partial charge in [-0.2, -0.15) is 0 Å². The molecule has 0 aliphatic carbocycles. The summed E-state index contributed by atoms with van der Waals surface area (Å²) in [5.74, 6) is 1.90. The highest BCUT2D eigenvalue weighted by molar-refractivity contribution is 9.09. The average molecular weight is 349 g/mol. The molecular formula is C18H21BrS. The topological polar surface area (TPSA) is 0 Å². The molecule has 0 N–H and O–H groups in total. The molecule has 0 amide bonds. The van der Waals surface area contributed by atoms with Crippen molar-refractivity contribution in [3.63, 3.8) is 0 Å². The van der Waals surface area contributed by atoms with Crippen molar-refractivity contribution in [3.05, 3.63) is 65.7 Å². The number of halogens is 1. The summed E-state index contributed by atoms with van der Waals surface area (Å²) in [4.78, 5) is 1.37. The minimum Gasteiger partial charge on any atom is -0.126 e. The molecule has 2 heteroatoms. The number of hydrogen-bond acceptors (Lipinski definition) is 1. The quantitative estimate of drug-likeness (QED) is 0.454. The molecule has 0 fully saturated rings. The molecule has 0 aliphatic heterocycles. The van der Waals surface area contributed by atoms with Crippen LogP contribution >= 0.6 is 27.7 Å². The van der Waals surface area contributed by atoms with Crippen LogP contribution in [0.3, 0.4) is 0 Å².